The zero-order valence-corrected chi connectivity index (χ0v) is 13.2. The monoisotopic (exact) mass is 300 g/mol. The zero-order chi connectivity index (χ0) is 16.0. The van der Waals surface area contributed by atoms with Crippen LogP contribution in [0.3, 0.4) is 0 Å². The summed E-state index contributed by atoms with van der Waals surface area (Å²) < 4.78 is 29.7. The number of para-hydroxylation sites is 1. The zero-order valence-electron chi connectivity index (χ0n) is 13.2. The van der Waals surface area contributed by atoms with E-state index >= 15 is 0 Å². The third kappa shape index (κ3) is 5.25. The molecule has 0 heterocycles. The highest BCUT2D eigenvalue weighted by Crippen LogP contribution is 2.31. The number of nitrogens with zero attached hydrogens (tertiary/aromatic N) is 1. The highest BCUT2D eigenvalue weighted by molar-refractivity contribution is 5.36. The summed E-state index contributed by atoms with van der Waals surface area (Å²) in [5.41, 5.74) is 6.60. The molecule has 0 aromatic heterocycles. The number of hydrogen-bond acceptors (Lipinski definition) is 3. The molecule has 120 valence electrons. The van der Waals surface area contributed by atoms with Gasteiger partial charge in [0.15, 0.2) is 0 Å². The summed E-state index contributed by atoms with van der Waals surface area (Å²) in [6, 6.07) is 7.02. The van der Waals surface area contributed by atoms with E-state index in [-0.39, 0.29) is 11.8 Å². The fourth-order valence-electron chi connectivity index (χ4n) is 2.63. The lowest BCUT2D eigenvalue weighted by Gasteiger charge is -2.34. The van der Waals surface area contributed by atoms with Crippen molar-refractivity contribution < 1.29 is 13.5 Å². The quantitative estimate of drug-likeness (QED) is 0.796. The van der Waals surface area contributed by atoms with Gasteiger partial charge in [-0.1, -0.05) is 32.0 Å². The lowest BCUT2D eigenvalue weighted by atomic mass is 9.99. The van der Waals surface area contributed by atoms with Gasteiger partial charge in [-0.3, -0.25) is 4.90 Å². The molecule has 0 bridgehead atoms. The van der Waals surface area contributed by atoms with E-state index in [0.29, 0.717) is 24.1 Å². The van der Waals surface area contributed by atoms with Crippen LogP contribution in [-0.2, 0) is 0 Å². The second kappa shape index (κ2) is 8.29. The van der Waals surface area contributed by atoms with Crippen molar-refractivity contribution in [3.05, 3.63) is 29.8 Å². The number of halogens is 2. The predicted octanol–water partition coefficient (Wildman–Crippen LogP) is 3.65. The minimum atomic E-state index is -2.83. The van der Waals surface area contributed by atoms with Crippen LogP contribution in [0, 0.1) is 5.92 Å². The Labute approximate surface area is 126 Å². The van der Waals surface area contributed by atoms with E-state index in [1.54, 1.807) is 18.2 Å². The molecule has 2 unspecified atom stereocenters. The number of alkyl halides is 2. The van der Waals surface area contributed by atoms with Crippen LogP contribution in [-0.4, -0.2) is 31.1 Å². The fourth-order valence-corrected chi connectivity index (χ4v) is 2.63. The minimum Gasteiger partial charge on any atom is -0.434 e. The molecular formula is C16H26F2N2O. The molecule has 0 radical (unpaired) electrons. The molecular weight excluding hydrogens is 274 g/mol. The van der Waals surface area contributed by atoms with E-state index in [2.05, 4.69) is 30.4 Å². The van der Waals surface area contributed by atoms with Gasteiger partial charge in [-0.25, -0.2) is 0 Å². The Kier molecular flexibility index (Phi) is 7.05. The molecule has 2 atom stereocenters. The van der Waals surface area contributed by atoms with Crippen molar-refractivity contribution in [1.82, 2.24) is 4.90 Å². The smallest absolute Gasteiger partial charge is 0.387 e. The summed E-state index contributed by atoms with van der Waals surface area (Å²) in [4.78, 5) is 2.13. The number of hydrogen-bond donors (Lipinski definition) is 1. The number of likely N-dealkylation sites (N-methyl/N-ethyl adjacent to an activating group) is 1. The van der Waals surface area contributed by atoms with Gasteiger partial charge in [0, 0.05) is 18.2 Å². The topological polar surface area (TPSA) is 38.5 Å². The maximum absolute atomic E-state index is 12.5. The summed E-state index contributed by atoms with van der Waals surface area (Å²) in [6.45, 7) is 3.97. The first-order valence-corrected chi connectivity index (χ1v) is 7.32. The van der Waals surface area contributed by atoms with Gasteiger partial charge < -0.3 is 10.5 Å². The van der Waals surface area contributed by atoms with Crippen LogP contribution in [0.4, 0.5) is 8.78 Å². The Hall–Kier alpha value is -1.20. The molecule has 0 saturated carbocycles. The van der Waals surface area contributed by atoms with Crippen molar-refractivity contribution in [2.24, 2.45) is 11.7 Å². The Morgan fingerprint density at radius 2 is 1.81 bits per heavy atom. The van der Waals surface area contributed by atoms with Crippen LogP contribution in [0.2, 0.25) is 0 Å². The van der Waals surface area contributed by atoms with Gasteiger partial charge in [-0.15, -0.1) is 0 Å². The summed E-state index contributed by atoms with van der Waals surface area (Å²) in [6.07, 6.45) is 1.02. The molecule has 0 aliphatic rings. The maximum Gasteiger partial charge on any atom is 0.387 e. The summed E-state index contributed by atoms with van der Waals surface area (Å²) in [7, 11) is 1.98. The summed E-state index contributed by atoms with van der Waals surface area (Å²) in [5, 5.41) is 0. The van der Waals surface area contributed by atoms with Crippen molar-refractivity contribution in [3.8, 4) is 5.75 Å². The van der Waals surface area contributed by atoms with Crippen LogP contribution in [0.5, 0.6) is 5.75 Å². The van der Waals surface area contributed by atoms with Gasteiger partial charge in [-0.05, 0) is 32.4 Å². The Balaban J connectivity index is 2.98. The van der Waals surface area contributed by atoms with Gasteiger partial charge in [0.2, 0.25) is 0 Å². The van der Waals surface area contributed by atoms with E-state index in [4.69, 9.17) is 5.73 Å². The lowest BCUT2D eigenvalue weighted by molar-refractivity contribution is -0.0512. The largest absolute Gasteiger partial charge is 0.434 e. The molecule has 21 heavy (non-hydrogen) atoms. The first-order chi connectivity index (χ1) is 9.86. The second-order valence-electron chi connectivity index (χ2n) is 5.81. The molecule has 1 aromatic rings. The molecule has 0 spiro atoms. The third-order valence-corrected chi connectivity index (χ3v) is 3.72. The van der Waals surface area contributed by atoms with Crippen LogP contribution in [0.1, 0.15) is 38.8 Å². The van der Waals surface area contributed by atoms with Gasteiger partial charge >= 0.3 is 6.61 Å². The average Bonchev–Trinajstić information content (AvgIpc) is 2.39. The van der Waals surface area contributed by atoms with E-state index in [9.17, 15) is 8.78 Å². The molecule has 1 aromatic carbocycles. The van der Waals surface area contributed by atoms with Crippen molar-refractivity contribution in [1.29, 1.82) is 0 Å². The molecule has 0 amide bonds. The SMILES string of the molecule is CC(C)CC(C)N(C)C(CN)c1ccccc1OC(F)F. The third-order valence-electron chi connectivity index (χ3n) is 3.72. The van der Waals surface area contributed by atoms with Gasteiger partial charge in [-0.2, -0.15) is 8.78 Å². The maximum atomic E-state index is 12.5. The molecule has 0 saturated heterocycles. The van der Waals surface area contributed by atoms with E-state index in [1.165, 1.54) is 0 Å². The van der Waals surface area contributed by atoms with Gasteiger partial charge in [0.1, 0.15) is 5.75 Å². The molecule has 0 aliphatic carbocycles. The van der Waals surface area contributed by atoms with E-state index in [1.807, 2.05) is 13.1 Å². The Morgan fingerprint density at radius 3 is 2.33 bits per heavy atom. The fraction of sp³-hybridized carbons (Fsp3) is 0.625. The van der Waals surface area contributed by atoms with Gasteiger partial charge in [0.05, 0.1) is 6.04 Å². The van der Waals surface area contributed by atoms with E-state index < -0.39 is 6.61 Å². The molecule has 1 rings (SSSR count). The normalized spacial score (nSPS) is 14.8. The van der Waals surface area contributed by atoms with Crippen molar-refractivity contribution in [3.63, 3.8) is 0 Å². The molecule has 2 N–H and O–H groups in total. The van der Waals surface area contributed by atoms with E-state index in [0.717, 1.165) is 6.42 Å². The average molecular weight is 300 g/mol. The number of benzene rings is 1. The van der Waals surface area contributed by atoms with Crippen LogP contribution < -0.4 is 10.5 Å². The van der Waals surface area contributed by atoms with Crippen molar-refractivity contribution in [2.75, 3.05) is 13.6 Å². The summed E-state index contributed by atoms with van der Waals surface area (Å²) in [5.74, 6) is 0.764. The standard InChI is InChI=1S/C16H26F2N2O/c1-11(2)9-12(3)20(4)14(10-19)13-7-5-6-8-15(13)21-16(17)18/h5-8,11-12,14,16H,9-10,19H2,1-4H3. The summed E-state index contributed by atoms with van der Waals surface area (Å²) >= 11 is 0. The van der Waals surface area contributed by atoms with Crippen LogP contribution >= 0.6 is 0 Å². The number of ether oxygens (including phenoxy) is 1. The predicted molar refractivity (Wildman–Crippen MR) is 81.5 cm³/mol. The molecule has 3 nitrogen and oxygen atoms in total. The van der Waals surface area contributed by atoms with Crippen LogP contribution in [0.15, 0.2) is 24.3 Å². The highest BCUT2D eigenvalue weighted by Gasteiger charge is 2.24. The molecule has 0 fully saturated rings. The van der Waals surface area contributed by atoms with Crippen LogP contribution in [0.25, 0.3) is 0 Å². The van der Waals surface area contributed by atoms with Crippen molar-refractivity contribution >= 4 is 0 Å². The lowest BCUT2D eigenvalue weighted by Crippen LogP contribution is -2.38. The highest BCUT2D eigenvalue weighted by atomic mass is 19.3. The Bertz CT molecular complexity index is 426. The molecule has 0 aliphatic heterocycles. The minimum absolute atomic E-state index is 0.145. The molecule has 5 heteroatoms. The first kappa shape index (κ1) is 17.9. The second-order valence-corrected chi connectivity index (χ2v) is 5.81. The van der Waals surface area contributed by atoms with Crippen molar-refractivity contribution in [2.45, 2.75) is 45.9 Å². The van der Waals surface area contributed by atoms with Gasteiger partial charge in [0.25, 0.3) is 0 Å². The number of nitrogens with two attached hydrogens (primary N) is 1. The Morgan fingerprint density at radius 1 is 1.19 bits per heavy atom. The first-order valence-electron chi connectivity index (χ1n) is 7.32. The number of rotatable bonds is 8.